The molecule has 0 fully saturated rings. The van der Waals surface area contributed by atoms with E-state index < -0.39 is 32.1 Å². The third-order valence-corrected chi connectivity index (χ3v) is 8.29. The fourth-order valence-corrected chi connectivity index (χ4v) is 5.46. The Morgan fingerprint density at radius 1 is 0.829 bits per heavy atom. The molecule has 11 heteroatoms. The first-order chi connectivity index (χ1) is 16.6. The van der Waals surface area contributed by atoms with Crippen LogP contribution in [-0.4, -0.2) is 28.8 Å². The predicted octanol–water partition coefficient (Wildman–Crippen LogP) is 4.39. The summed E-state index contributed by atoms with van der Waals surface area (Å²) < 4.78 is 53.8. The number of nitrogens with one attached hydrogen (secondary N) is 2. The summed E-state index contributed by atoms with van der Waals surface area (Å²) in [4.78, 5) is 19.1. The molecule has 1 atom stereocenters. The number of hydrogen-bond acceptors (Lipinski definition) is 6. The zero-order chi connectivity index (χ0) is 25.5. The van der Waals surface area contributed by atoms with Crippen LogP contribution in [0.5, 0.6) is 0 Å². The number of halogens is 1. The van der Waals surface area contributed by atoms with Crippen molar-refractivity contribution in [3.05, 3.63) is 83.3 Å². The van der Waals surface area contributed by atoms with Crippen LogP contribution in [0.2, 0.25) is 0 Å². The van der Waals surface area contributed by atoms with Gasteiger partial charge in [0.05, 0.1) is 9.79 Å². The van der Waals surface area contributed by atoms with Gasteiger partial charge in [-0.25, -0.2) is 21.6 Å². The number of carbonyl (C=O) groups is 1. The fourth-order valence-electron chi connectivity index (χ4n) is 3.17. The lowest BCUT2D eigenvalue weighted by Crippen LogP contribution is -2.44. The number of rotatable bonds is 11. The zero-order valence-electron chi connectivity index (χ0n) is 18.8. The third-order valence-electron chi connectivity index (χ3n) is 5.08. The smallest absolute Gasteiger partial charge is 0.343 e. The summed E-state index contributed by atoms with van der Waals surface area (Å²) in [6.45, 7) is 1.88. The topological polar surface area (TPSA) is 119 Å². The Hall–Kier alpha value is -2.57. The van der Waals surface area contributed by atoms with Gasteiger partial charge in [-0.15, -0.1) is 0 Å². The van der Waals surface area contributed by atoms with E-state index in [1.807, 2.05) is 31.2 Å². The number of carbonyl (C=O) groups excluding carboxylic acids is 1. The number of unbranched alkanes of at least 4 members (excludes halogenated alkanes) is 1. The monoisotopic (exact) mass is 580 g/mol. The van der Waals surface area contributed by atoms with Gasteiger partial charge < -0.3 is 4.84 Å². The molecule has 35 heavy (non-hydrogen) atoms. The molecule has 0 amide bonds. The van der Waals surface area contributed by atoms with E-state index in [-0.39, 0.29) is 16.2 Å². The molecule has 0 spiro atoms. The van der Waals surface area contributed by atoms with Crippen molar-refractivity contribution in [1.82, 2.24) is 9.61 Å². The Morgan fingerprint density at radius 2 is 1.37 bits per heavy atom. The summed E-state index contributed by atoms with van der Waals surface area (Å²) in [6.07, 6.45) is 1.36. The quantitative estimate of drug-likeness (QED) is 0.325. The van der Waals surface area contributed by atoms with Gasteiger partial charge in [0, 0.05) is 4.47 Å². The summed E-state index contributed by atoms with van der Waals surface area (Å²) in [6, 6.07) is 19.9. The molecule has 0 aliphatic carbocycles. The van der Waals surface area contributed by atoms with Gasteiger partial charge in [-0.1, -0.05) is 78.2 Å². The largest absolute Gasteiger partial charge is 0.354 e. The minimum absolute atomic E-state index is 0.0301. The number of sulfonamides is 2. The van der Waals surface area contributed by atoms with Crippen LogP contribution in [0.1, 0.15) is 26.2 Å². The minimum Gasteiger partial charge on any atom is -0.354 e. The molecule has 0 aliphatic rings. The van der Waals surface area contributed by atoms with Crippen LogP contribution in [0.25, 0.3) is 11.1 Å². The zero-order valence-corrected chi connectivity index (χ0v) is 22.1. The molecule has 3 aromatic carbocycles. The van der Waals surface area contributed by atoms with Crippen LogP contribution >= 0.6 is 15.9 Å². The van der Waals surface area contributed by atoms with Gasteiger partial charge in [-0.3, -0.25) is 0 Å². The average molecular weight is 582 g/mol. The summed E-state index contributed by atoms with van der Waals surface area (Å²) >= 11 is 3.38. The molecule has 0 saturated heterocycles. The Labute approximate surface area is 213 Å². The molecule has 0 aromatic heterocycles. The van der Waals surface area contributed by atoms with Crippen molar-refractivity contribution in [3.63, 3.8) is 0 Å². The van der Waals surface area contributed by atoms with E-state index in [1.54, 1.807) is 23.1 Å². The first-order valence-corrected chi connectivity index (χ1v) is 14.5. The van der Waals surface area contributed by atoms with Crippen LogP contribution in [0.4, 0.5) is 0 Å². The van der Waals surface area contributed by atoms with E-state index in [0.29, 0.717) is 12.8 Å². The van der Waals surface area contributed by atoms with Gasteiger partial charge >= 0.3 is 5.97 Å². The normalized spacial score (nSPS) is 12.7. The maximum Gasteiger partial charge on any atom is 0.343 e. The predicted molar refractivity (Wildman–Crippen MR) is 136 cm³/mol. The SMILES string of the molecule is CCCCC(NS(=O)(=O)c1ccc(-c2ccc(Br)cc2)cc1)C(=O)ONS(=O)(=O)c1ccccc1. The van der Waals surface area contributed by atoms with Crippen LogP contribution in [0.15, 0.2) is 93.1 Å². The first kappa shape index (κ1) is 27.0. The highest BCUT2D eigenvalue weighted by Crippen LogP contribution is 2.23. The second-order valence-electron chi connectivity index (χ2n) is 7.67. The lowest BCUT2D eigenvalue weighted by molar-refractivity contribution is -0.149. The Bertz CT molecular complexity index is 1350. The highest BCUT2D eigenvalue weighted by atomic mass is 79.9. The first-order valence-electron chi connectivity index (χ1n) is 10.8. The average Bonchev–Trinajstić information content (AvgIpc) is 2.86. The van der Waals surface area contributed by atoms with Crippen LogP contribution < -0.4 is 9.61 Å². The van der Waals surface area contributed by atoms with E-state index in [2.05, 4.69) is 20.7 Å². The molecule has 2 N–H and O–H groups in total. The highest BCUT2D eigenvalue weighted by Gasteiger charge is 2.28. The molecule has 0 bridgehead atoms. The van der Waals surface area contributed by atoms with Gasteiger partial charge in [-0.2, -0.15) is 4.72 Å². The van der Waals surface area contributed by atoms with Gasteiger partial charge in [0.1, 0.15) is 6.04 Å². The van der Waals surface area contributed by atoms with Crippen LogP contribution in [-0.2, 0) is 29.7 Å². The summed E-state index contributed by atoms with van der Waals surface area (Å²) in [5, 5.41) is 0. The number of hydrogen-bond donors (Lipinski definition) is 2. The van der Waals surface area contributed by atoms with E-state index in [0.717, 1.165) is 15.6 Å². The van der Waals surface area contributed by atoms with Crippen molar-refractivity contribution < 1.29 is 26.5 Å². The van der Waals surface area contributed by atoms with Crippen molar-refractivity contribution in [2.24, 2.45) is 0 Å². The molecule has 0 heterocycles. The molecule has 1 unspecified atom stereocenters. The Kier molecular flexibility index (Phi) is 9.20. The molecule has 0 saturated carbocycles. The maximum atomic E-state index is 13.0. The molecular weight excluding hydrogens is 556 g/mol. The molecule has 3 aromatic rings. The van der Waals surface area contributed by atoms with E-state index in [1.165, 1.54) is 36.4 Å². The van der Waals surface area contributed by atoms with Crippen LogP contribution in [0, 0.1) is 0 Å². The van der Waals surface area contributed by atoms with Gasteiger partial charge in [-0.05, 0) is 58.8 Å². The van der Waals surface area contributed by atoms with Gasteiger partial charge in [0.15, 0.2) is 0 Å². The Balaban J connectivity index is 1.72. The molecule has 8 nitrogen and oxygen atoms in total. The summed E-state index contributed by atoms with van der Waals surface area (Å²) in [5.41, 5.74) is 1.74. The minimum atomic E-state index is -4.11. The lowest BCUT2D eigenvalue weighted by atomic mass is 10.1. The second kappa shape index (κ2) is 11.9. The van der Waals surface area contributed by atoms with Crippen molar-refractivity contribution in [1.29, 1.82) is 0 Å². The highest BCUT2D eigenvalue weighted by molar-refractivity contribution is 9.10. The summed E-state index contributed by atoms with van der Waals surface area (Å²) in [5.74, 6) is -1.05. The van der Waals surface area contributed by atoms with E-state index in [9.17, 15) is 21.6 Å². The molecular formula is C24H25BrN2O6S2. The second-order valence-corrected chi connectivity index (χ2v) is 11.9. The Morgan fingerprint density at radius 3 is 1.94 bits per heavy atom. The van der Waals surface area contributed by atoms with Crippen molar-refractivity contribution >= 4 is 41.9 Å². The van der Waals surface area contributed by atoms with Crippen LogP contribution in [0.3, 0.4) is 0 Å². The standard InChI is InChI=1S/C24H25BrN2O6S2/c1-2-3-9-23(24(28)33-27-35(31,32)21-7-5-4-6-8-21)26-34(29,30)22-16-12-19(13-17-22)18-10-14-20(25)15-11-18/h4-8,10-17,23,26-27H,2-3,9H2,1H3. The van der Waals surface area contributed by atoms with Gasteiger partial charge in [0.25, 0.3) is 10.0 Å². The fraction of sp³-hybridized carbons (Fsp3) is 0.208. The maximum absolute atomic E-state index is 13.0. The molecule has 3 rings (SSSR count). The van der Waals surface area contributed by atoms with Crippen molar-refractivity contribution in [2.75, 3.05) is 0 Å². The summed E-state index contributed by atoms with van der Waals surface area (Å²) in [7, 11) is -8.19. The number of benzene rings is 3. The molecule has 0 aliphatic heterocycles. The van der Waals surface area contributed by atoms with E-state index in [4.69, 9.17) is 4.84 Å². The van der Waals surface area contributed by atoms with Crippen molar-refractivity contribution in [2.45, 2.75) is 42.0 Å². The van der Waals surface area contributed by atoms with Crippen molar-refractivity contribution in [3.8, 4) is 11.1 Å². The molecule has 186 valence electrons. The third kappa shape index (κ3) is 7.45. The van der Waals surface area contributed by atoms with Gasteiger partial charge in [0.2, 0.25) is 10.0 Å². The molecule has 0 radical (unpaired) electrons. The lowest BCUT2D eigenvalue weighted by Gasteiger charge is -2.17. The van der Waals surface area contributed by atoms with E-state index >= 15 is 0 Å².